The van der Waals surface area contributed by atoms with Gasteiger partial charge in [0, 0.05) is 31.4 Å². The van der Waals surface area contributed by atoms with Crippen LogP contribution in [-0.4, -0.2) is 47.8 Å². The van der Waals surface area contributed by atoms with Crippen LogP contribution in [0.2, 0.25) is 5.02 Å². The maximum absolute atomic E-state index is 12.9. The molecule has 1 aromatic carbocycles. The number of fused-ring (bicyclic) bond motifs is 1. The molecule has 158 valence electrons. The second-order valence-corrected chi connectivity index (χ2v) is 7.67. The number of carbonyl (C=O) groups excluding carboxylic acids is 1. The summed E-state index contributed by atoms with van der Waals surface area (Å²) in [5, 5.41) is 12.2. The second-order valence-electron chi connectivity index (χ2n) is 7.23. The minimum absolute atomic E-state index is 0.0106. The van der Waals surface area contributed by atoms with Crippen LogP contribution in [-0.2, 0) is 11.3 Å². The van der Waals surface area contributed by atoms with Crippen molar-refractivity contribution >= 4 is 29.1 Å². The highest BCUT2D eigenvalue weighted by molar-refractivity contribution is 6.30. The number of piperidine rings is 1. The van der Waals surface area contributed by atoms with Crippen molar-refractivity contribution in [2.24, 2.45) is 5.92 Å². The van der Waals surface area contributed by atoms with Crippen molar-refractivity contribution in [2.75, 3.05) is 32.2 Å². The van der Waals surface area contributed by atoms with Crippen molar-refractivity contribution in [2.45, 2.75) is 19.4 Å². The number of aromatic nitrogens is 3. The Morgan fingerprint density at radius 3 is 2.90 bits per heavy atom. The smallest absolute Gasteiger partial charge is 0.231 e. The van der Waals surface area contributed by atoms with E-state index in [-0.39, 0.29) is 11.8 Å². The number of methoxy groups -OCH3 is 2. The van der Waals surface area contributed by atoms with Gasteiger partial charge in [0.1, 0.15) is 0 Å². The first-order chi connectivity index (χ1) is 14.6. The van der Waals surface area contributed by atoms with Gasteiger partial charge in [-0.3, -0.25) is 9.20 Å². The van der Waals surface area contributed by atoms with Gasteiger partial charge in [0.2, 0.25) is 11.9 Å². The number of halogens is 1. The molecule has 1 N–H and O–H groups in total. The van der Waals surface area contributed by atoms with Gasteiger partial charge in [-0.05, 0) is 31.0 Å². The minimum Gasteiger partial charge on any atom is -0.493 e. The first-order valence-electron chi connectivity index (χ1n) is 9.83. The fourth-order valence-corrected chi connectivity index (χ4v) is 4.02. The molecule has 3 heterocycles. The highest BCUT2D eigenvalue weighted by Crippen LogP contribution is 2.30. The number of para-hydroxylation sites is 1. The normalized spacial score (nSPS) is 16.5. The van der Waals surface area contributed by atoms with E-state index in [1.54, 1.807) is 26.5 Å². The average Bonchev–Trinajstić information content (AvgIpc) is 3.20. The molecule has 0 aliphatic carbocycles. The Hall–Kier alpha value is -3.00. The number of hydrogen-bond donors (Lipinski definition) is 1. The summed E-state index contributed by atoms with van der Waals surface area (Å²) in [4.78, 5) is 15.0. The number of nitrogens with zero attached hydrogens (tertiary/aromatic N) is 4. The Balaban J connectivity index is 1.45. The third kappa shape index (κ3) is 4.00. The quantitative estimate of drug-likeness (QED) is 0.648. The number of amides is 1. The van der Waals surface area contributed by atoms with E-state index in [9.17, 15) is 4.79 Å². The van der Waals surface area contributed by atoms with Gasteiger partial charge in [-0.2, -0.15) is 0 Å². The zero-order valence-corrected chi connectivity index (χ0v) is 17.7. The van der Waals surface area contributed by atoms with Crippen molar-refractivity contribution < 1.29 is 14.3 Å². The van der Waals surface area contributed by atoms with Crippen molar-refractivity contribution in [3.8, 4) is 11.5 Å². The van der Waals surface area contributed by atoms with E-state index in [1.807, 2.05) is 28.7 Å². The molecule has 1 atom stereocenters. The summed E-state index contributed by atoms with van der Waals surface area (Å²) >= 11 is 6.13. The molecule has 0 radical (unpaired) electrons. The number of nitrogens with one attached hydrogen (secondary N) is 1. The van der Waals surface area contributed by atoms with E-state index in [4.69, 9.17) is 21.1 Å². The molecule has 0 unspecified atom stereocenters. The van der Waals surface area contributed by atoms with Crippen molar-refractivity contribution in [1.29, 1.82) is 0 Å². The Kier molecular flexibility index (Phi) is 5.94. The zero-order valence-electron chi connectivity index (χ0n) is 17.0. The van der Waals surface area contributed by atoms with Gasteiger partial charge in [0.25, 0.3) is 0 Å². The Bertz CT molecular complexity index is 1050. The summed E-state index contributed by atoms with van der Waals surface area (Å²) in [5.74, 6) is 1.86. The standard InChI is InChI=1S/C21H24ClN5O3/c1-29-17-7-3-5-14(19(17)30-2)11-23-20(28)15-6-4-10-26(12-15)21-25-24-18-9-8-16(22)13-27(18)21/h3,5,7-9,13,15H,4,6,10-12H2,1-2H3,(H,23,28)/t15-/m0/s1. The summed E-state index contributed by atoms with van der Waals surface area (Å²) in [6, 6.07) is 9.25. The van der Waals surface area contributed by atoms with Crippen LogP contribution in [0, 0.1) is 5.92 Å². The van der Waals surface area contributed by atoms with Crippen molar-refractivity contribution in [3.05, 3.63) is 47.1 Å². The van der Waals surface area contributed by atoms with Crippen LogP contribution in [0.25, 0.3) is 5.65 Å². The van der Waals surface area contributed by atoms with Crippen LogP contribution in [0.3, 0.4) is 0 Å². The molecule has 2 aromatic heterocycles. The maximum atomic E-state index is 12.9. The molecule has 0 bridgehead atoms. The van der Waals surface area contributed by atoms with Crippen LogP contribution in [0.15, 0.2) is 36.5 Å². The number of pyridine rings is 1. The highest BCUT2D eigenvalue weighted by atomic mass is 35.5. The van der Waals surface area contributed by atoms with Gasteiger partial charge in [0.15, 0.2) is 17.1 Å². The maximum Gasteiger partial charge on any atom is 0.231 e. The topological polar surface area (TPSA) is 81.0 Å². The molecule has 1 fully saturated rings. The van der Waals surface area contributed by atoms with Crippen molar-refractivity contribution in [1.82, 2.24) is 19.9 Å². The minimum atomic E-state index is -0.137. The molecule has 1 amide bonds. The fourth-order valence-electron chi connectivity index (χ4n) is 3.86. The van der Waals surface area contributed by atoms with Crippen molar-refractivity contribution in [3.63, 3.8) is 0 Å². The lowest BCUT2D eigenvalue weighted by atomic mass is 9.97. The van der Waals surface area contributed by atoms with E-state index in [2.05, 4.69) is 20.4 Å². The van der Waals surface area contributed by atoms with Crippen LogP contribution in [0.4, 0.5) is 5.95 Å². The Morgan fingerprint density at radius 2 is 2.10 bits per heavy atom. The molecule has 1 saturated heterocycles. The molecule has 8 nitrogen and oxygen atoms in total. The van der Waals surface area contributed by atoms with E-state index < -0.39 is 0 Å². The summed E-state index contributed by atoms with van der Waals surface area (Å²) in [6.45, 7) is 1.77. The summed E-state index contributed by atoms with van der Waals surface area (Å²) in [5.41, 5.74) is 1.60. The SMILES string of the molecule is COc1cccc(CNC(=O)[C@H]2CCCN(c3nnc4ccc(Cl)cn34)C2)c1OC. The monoisotopic (exact) mass is 429 g/mol. The fraction of sp³-hybridized carbons (Fsp3) is 0.381. The van der Waals surface area contributed by atoms with E-state index in [1.165, 1.54) is 0 Å². The lowest BCUT2D eigenvalue weighted by molar-refractivity contribution is -0.125. The summed E-state index contributed by atoms with van der Waals surface area (Å²) < 4.78 is 12.6. The van der Waals surface area contributed by atoms with Crippen LogP contribution >= 0.6 is 11.6 Å². The number of carbonyl (C=O) groups is 1. The first-order valence-corrected chi connectivity index (χ1v) is 10.2. The van der Waals surface area contributed by atoms with Gasteiger partial charge < -0.3 is 19.7 Å². The van der Waals surface area contributed by atoms with E-state index in [0.717, 1.165) is 30.6 Å². The predicted molar refractivity (Wildman–Crippen MR) is 114 cm³/mol. The van der Waals surface area contributed by atoms with E-state index in [0.29, 0.717) is 35.6 Å². The molecule has 4 rings (SSSR count). The number of benzene rings is 1. The van der Waals surface area contributed by atoms with Crippen LogP contribution < -0.4 is 19.7 Å². The largest absolute Gasteiger partial charge is 0.493 e. The van der Waals surface area contributed by atoms with E-state index >= 15 is 0 Å². The van der Waals surface area contributed by atoms with Gasteiger partial charge >= 0.3 is 0 Å². The number of anilines is 1. The second kappa shape index (κ2) is 8.79. The van der Waals surface area contributed by atoms with Gasteiger partial charge in [-0.1, -0.05) is 23.7 Å². The average molecular weight is 430 g/mol. The predicted octanol–water partition coefficient (Wildman–Crippen LogP) is 2.93. The number of rotatable bonds is 6. The third-order valence-corrected chi connectivity index (χ3v) is 5.58. The van der Waals surface area contributed by atoms with Gasteiger partial charge in [-0.25, -0.2) is 0 Å². The molecule has 1 aliphatic rings. The van der Waals surface area contributed by atoms with Gasteiger partial charge in [0.05, 0.1) is 25.2 Å². The highest BCUT2D eigenvalue weighted by Gasteiger charge is 2.28. The molecular formula is C21H24ClN5O3. The van der Waals surface area contributed by atoms with Crippen LogP contribution in [0.1, 0.15) is 18.4 Å². The summed E-state index contributed by atoms with van der Waals surface area (Å²) in [7, 11) is 3.19. The molecule has 3 aromatic rings. The molecule has 0 spiro atoms. The molecule has 30 heavy (non-hydrogen) atoms. The Morgan fingerprint density at radius 1 is 1.23 bits per heavy atom. The molecule has 0 saturated carbocycles. The lowest BCUT2D eigenvalue weighted by Gasteiger charge is -2.32. The van der Waals surface area contributed by atoms with Crippen LogP contribution in [0.5, 0.6) is 11.5 Å². The Labute approximate surface area is 179 Å². The number of ether oxygens (including phenoxy) is 2. The lowest BCUT2D eigenvalue weighted by Crippen LogP contribution is -2.43. The van der Waals surface area contributed by atoms with Gasteiger partial charge in [-0.15, -0.1) is 10.2 Å². The summed E-state index contributed by atoms with van der Waals surface area (Å²) in [6.07, 6.45) is 3.52. The first kappa shape index (κ1) is 20.3. The molecular weight excluding hydrogens is 406 g/mol. The number of hydrogen-bond acceptors (Lipinski definition) is 6. The molecule has 9 heteroatoms. The zero-order chi connectivity index (χ0) is 21.1. The molecule has 1 aliphatic heterocycles. The third-order valence-electron chi connectivity index (χ3n) is 5.36.